The molecule has 2 aromatic rings. The zero-order chi connectivity index (χ0) is 11.4. The van der Waals surface area contributed by atoms with Gasteiger partial charge in [0, 0.05) is 13.2 Å². The normalized spacial score (nSPS) is 10.9. The van der Waals surface area contributed by atoms with Crippen molar-refractivity contribution in [2.24, 2.45) is 0 Å². The highest BCUT2D eigenvalue weighted by atomic mass is 15.3. The summed E-state index contributed by atoms with van der Waals surface area (Å²) in [5.41, 5.74) is 2.22. The number of unbranched alkanes of at least 4 members (excludes halogenated alkanes) is 2. The highest BCUT2D eigenvalue weighted by Gasteiger charge is 2.02. The molecule has 0 radical (unpaired) electrons. The molecule has 0 fully saturated rings. The van der Waals surface area contributed by atoms with Crippen molar-refractivity contribution in [3.05, 3.63) is 23.9 Å². The Morgan fingerprint density at radius 3 is 2.94 bits per heavy atom. The highest BCUT2D eigenvalue weighted by Crippen LogP contribution is 2.10. The number of hydrogen-bond acceptors (Lipinski definition) is 3. The van der Waals surface area contributed by atoms with Crippen LogP contribution in [0.5, 0.6) is 0 Å². The second-order valence-electron chi connectivity index (χ2n) is 3.98. The predicted octanol–water partition coefficient (Wildman–Crippen LogP) is 2.50. The van der Waals surface area contributed by atoms with E-state index in [1.165, 1.54) is 24.8 Å². The number of pyridine rings is 1. The first-order chi connectivity index (χ1) is 7.83. The van der Waals surface area contributed by atoms with Gasteiger partial charge < -0.3 is 5.32 Å². The van der Waals surface area contributed by atoms with Crippen molar-refractivity contribution in [2.75, 3.05) is 12.4 Å². The molecule has 0 aliphatic heterocycles. The Morgan fingerprint density at radius 1 is 1.31 bits per heavy atom. The van der Waals surface area contributed by atoms with Crippen molar-refractivity contribution in [3.8, 4) is 0 Å². The molecule has 0 atom stereocenters. The summed E-state index contributed by atoms with van der Waals surface area (Å²) >= 11 is 0. The van der Waals surface area contributed by atoms with Gasteiger partial charge in [-0.1, -0.05) is 25.8 Å². The van der Waals surface area contributed by atoms with Crippen LogP contribution in [0.4, 0.5) is 5.95 Å². The van der Waals surface area contributed by atoms with E-state index in [1.54, 1.807) is 0 Å². The van der Waals surface area contributed by atoms with Crippen LogP contribution in [0.25, 0.3) is 5.65 Å². The minimum Gasteiger partial charge on any atom is -0.356 e. The molecule has 16 heavy (non-hydrogen) atoms. The SMILES string of the molecule is CCCCCc1ccc2nc(NC)nn2c1. The summed E-state index contributed by atoms with van der Waals surface area (Å²) in [4.78, 5) is 4.31. The minimum absolute atomic E-state index is 0.672. The van der Waals surface area contributed by atoms with E-state index in [2.05, 4.69) is 34.6 Å². The average molecular weight is 218 g/mol. The van der Waals surface area contributed by atoms with Crippen molar-refractivity contribution >= 4 is 11.6 Å². The molecule has 4 nitrogen and oxygen atoms in total. The van der Waals surface area contributed by atoms with Gasteiger partial charge in [0.2, 0.25) is 5.95 Å². The van der Waals surface area contributed by atoms with Crippen molar-refractivity contribution < 1.29 is 0 Å². The van der Waals surface area contributed by atoms with Crippen molar-refractivity contribution in [1.29, 1.82) is 0 Å². The van der Waals surface area contributed by atoms with Gasteiger partial charge in [-0.05, 0) is 24.5 Å². The molecule has 2 rings (SSSR count). The fourth-order valence-electron chi connectivity index (χ4n) is 1.76. The van der Waals surface area contributed by atoms with Gasteiger partial charge in [-0.15, -0.1) is 5.10 Å². The molecule has 0 aliphatic carbocycles. The van der Waals surface area contributed by atoms with Crippen molar-refractivity contribution in [3.63, 3.8) is 0 Å². The van der Waals surface area contributed by atoms with E-state index in [-0.39, 0.29) is 0 Å². The summed E-state index contributed by atoms with van der Waals surface area (Å²) < 4.78 is 1.84. The summed E-state index contributed by atoms with van der Waals surface area (Å²) in [7, 11) is 1.83. The Bertz CT molecular complexity index is 461. The largest absolute Gasteiger partial charge is 0.356 e. The lowest BCUT2D eigenvalue weighted by molar-refractivity contribution is 0.714. The maximum absolute atomic E-state index is 4.31. The molecule has 4 heteroatoms. The van der Waals surface area contributed by atoms with Crippen LogP contribution < -0.4 is 5.32 Å². The lowest BCUT2D eigenvalue weighted by atomic mass is 10.1. The van der Waals surface area contributed by atoms with Crippen LogP contribution in [0, 0.1) is 0 Å². The smallest absolute Gasteiger partial charge is 0.242 e. The number of aryl methyl sites for hydroxylation is 1. The van der Waals surface area contributed by atoms with Gasteiger partial charge >= 0.3 is 0 Å². The van der Waals surface area contributed by atoms with Crippen molar-refractivity contribution in [1.82, 2.24) is 14.6 Å². The second-order valence-corrected chi connectivity index (χ2v) is 3.98. The number of fused-ring (bicyclic) bond motifs is 1. The summed E-state index contributed by atoms with van der Waals surface area (Å²) in [5.74, 6) is 0.672. The number of hydrogen-bond donors (Lipinski definition) is 1. The molecular weight excluding hydrogens is 200 g/mol. The molecule has 0 saturated heterocycles. The molecule has 0 saturated carbocycles. The zero-order valence-electron chi connectivity index (χ0n) is 9.90. The highest BCUT2D eigenvalue weighted by molar-refractivity contribution is 5.43. The Labute approximate surface area is 95.7 Å². The maximum Gasteiger partial charge on any atom is 0.242 e. The molecule has 0 spiro atoms. The number of nitrogens with zero attached hydrogens (tertiary/aromatic N) is 3. The standard InChI is InChI=1S/C12H18N4/c1-3-4-5-6-10-7-8-11-14-12(13-2)15-16(11)9-10/h7-9H,3-6H2,1-2H3,(H,13,15). The maximum atomic E-state index is 4.31. The monoisotopic (exact) mass is 218 g/mol. The first kappa shape index (κ1) is 10.9. The van der Waals surface area contributed by atoms with E-state index in [0.29, 0.717) is 5.95 Å². The van der Waals surface area contributed by atoms with Crippen LogP contribution in [-0.4, -0.2) is 21.6 Å². The third-order valence-electron chi connectivity index (χ3n) is 2.68. The van der Waals surface area contributed by atoms with Crippen LogP contribution >= 0.6 is 0 Å². The van der Waals surface area contributed by atoms with Gasteiger partial charge in [-0.2, -0.15) is 4.98 Å². The lowest BCUT2D eigenvalue weighted by Gasteiger charge is -2.00. The fraction of sp³-hybridized carbons (Fsp3) is 0.500. The summed E-state index contributed by atoms with van der Waals surface area (Å²) in [6, 6.07) is 4.16. The summed E-state index contributed by atoms with van der Waals surface area (Å²) in [6.45, 7) is 2.22. The van der Waals surface area contributed by atoms with E-state index >= 15 is 0 Å². The van der Waals surface area contributed by atoms with Crippen LogP contribution in [0.2, 0.25) is 0 Å². The minimum atomic E-state index is 0.672. The molecule has 2 heterocycles. The molecule has 0 aliphatic rings. The van der Waals surface area contributed by atoms with Crippen molar-refractivity contribution in [2.45, 2.75) is 32.6 Å². The van der Waals surface area contributed by atoms with Crippen LogP contribution in [0.1, 0.15) is 31.7 Å². The number of aromatic nitrogens is 3. The molecule has 1 N–H and O–H groups in total. The molecule has 0 amide bonds. The van der Waals surface area contributed by atoms with Crippen LogP contribution in [0.3, 0.4) is 0 Å². The van der Waals surface area contributed by atoms with E-state index in [9.17, 15) is 0 Å². The summed E-state index contributed by atoms with van der Waals surface area (Å²) in [5, 5.41) is 7.26. The number of nitrogens with one attached hydrogen (secondary N) is 1. The Balaban J connectivity index is 2.15. The average Bonchev–Trinajstić information content (AvgIpc) is 2.71. The molecule has 2 aromatic heterocycles. The van der Waals surface area contributed by atoms with Crippen LogP contribution in [0.15, 0.2) is 18.3 Å². The quantitative estimate of drug-likeness (QED) is 0.784. The summed E-state index contributed by atoms with van der Waals surface area (Å²) in [6.07, 6.45) is 6.99. The first-order valence-electron chi connectivity index (χ1n) is 5.86. The lowest BCUT2D eigenvalue weighted by Crippen LogP contribution is -1.93. The molecule has 0 bridgehead atoms. The first-order valence-corrected chi connectivity index (χ1v) is 5.86. The second kappa shape index (κ2) is 4.96. The molecule has 0 aromatic carbocycles. The van der Waals surface area contributed by atoms with Gasteiger partial charge in [-0.25, -0.2) is 4.52 Å². The zero-order valence-corrected chi connectivity index (χ0v) is 9.90. The topological polar surface area (TPSA) is 42.2 Å². The molecule has 0 unspecified atom stereocenters. The molecular formula is C12H18N4. The Hall–Kier alpha value is -1.58. The van der Waals surface area contributed by atoms with E-state index in [1.807, 2.05) is 17.6 Å². The van der Waals surface area contributed by atoms with E-state index in [4.69, 9.17) is 0 Å². The van der Waals surface area contributed by atoms with Crippen LogP contribution in [-0.2, 0) is 6.42 Å². The van der Waals surface area contributed by atoms with Gasteiger partial charge in [-0.3, -0.25) is 0 Å². The number of anilines is 1. The third kappa shape index (κ3) is 2.32. The van der Waals surface area contributed by atoms with Gasteiger partial charge in [0.25, 0.3) is 0 Å². The molecule has 86 valence electrons. The van der Waals surface area contributed by atoms with Gasteiger partial charge in [0.05, 0.1) is 0 Å². The third-order valence-corrected chi connectivity index (χ3v) is 2.68. The number of rotatable bonds is 5. The van der Waals surface area contributed by atoms with Gasteiger partial charge in [0.1, 0.15) is 0 Å². The predicted molar refractivity (Wildman–Crippen MR) is 65.8 cm³/mol. The van der Waals surface area contributed by atoms with E-state index in [0.717, 1.165) is 12.1 Å². The Kier molecular flexibility index (Phi) is 3.39. The fourth-order valence-corrected chi connectivity index (χ4v) is 1.76. The van der Waals surface area contributed by atoms with E-state index < -0.39 is 0 Å². The van der Waals surface area contributed by atoms with Gasteiger partial charge in [0.15, 0.2) is 5.65 Å². The Morgan fingerprint density at radius 2 is 2.19 bits per heavy atom.